The maximum atomic E-state index is 3.67. The minimum Gasteiger partial charge on any atom is -0.310 e. The summed E-state index contributed by atoms with van der Waals surface area (Å²) in [4.78, 5) is 0. The molecule has 88 valence electrons. The molecule has 0 spiro atoms. The Labute approximate surface area is 107 Å². The number of nitrogens with one attached hydrogen (secondary N) is 1. The van der Waals surface area contributed by atoms with Crippen LogP contribution in [0.2, 0.25) is 0 Å². The van der Waals surface area contributed by atoms with E-state index in [1.54, 1.807) is 0 Å². The van der Waals surface area contributed by atoms with E-state index in [-0.39, 0.29) is 0 Å². The maximum absolute atomic E-state index is 3.67. The summed E-state index contributed by atoms with van der Waals surface area (Å²) in [6.07, 6.45) is 5.44. The number of halogens is 1. The van der Waals surface area contributed by atoms with Gasteiger partial charge < -0.3 is 5.32 Å². The zero-order chi connectivity index (χ0) is 11.4. The molecule has 0 aromatic heterocycles. The summed E-state index contributed by atoms with van der Waals surface area (Å²) >= 11 is 3.59. The Morgan fingerprint density at radius 3 is 2.56 bits per heavy atom. The molecule has 0 atom stereocenters. The second-order valence-corrected chi connectivity index (χ2v) is 5.78. The van der Waals surface area contributed by atoms with Gasteiger partial charge in [0.2, 0.25) is 0 Å². The summed E-state index contributed by atoms with van der Waals surface area (Å²) in [5, 5.41) is 3.67. The minimum absolute atomic E-state index is 0.725. The van der Waals surface area contributed by atoms with Crippen LogP contribution in [0.5, 0.6) is 0 Å². The molecule has 0 radical (unpaired) electrons. The Hall–Kier alpha value is -0.340. The molecular weight excluding hydrogens is 262 g/mol. The molecule has 0 saturated heterocycles. The predicted octanol–water partition coefficient (Wildman–Crippen LogP) is 4.12. The lowest BCUT2D eigenvalue weighted by Gasteiger charge is -2.27. The smallest absolute Gasteiger partial charge is 0.0220 e. The SMILES string of the molecule is CC1CCC(NCc2ccccc2Br)CC1. The first-order valence-electron chi connectivity index (χ1n) is 6.22. The lowest BCUT2D eigenvalue weighted by atomic mass is 9.87. The summed E-state index contributed by atoms with van der Waals surface area (Å²) < 4.78 is 1.21. The fraction of sp³-hybridized carbons (Fsp3) is 0.571. The Morgan fingerprint density at radius 2 is 1.88 bits per heavy atom. The molecule has 0 heterocycles. The van der Waals surface area contributed by atoms with Gasteiger partial charge >= 0.3 is 0 Å². The van der Waals surface area contributed by atoms with Crippen LogP contribution in [0.3, 0.4) is 0 Å². The molecule has 1 nitrogen and oxygen atoms in total. The van der Waals surface area contributed by atoms with Gasteiger partial charge in [0.25, 0.3) is 0 Å². The van der Waals surface area contributed by atoms with Gasteiger partial charge in [-0.1, -0.05) is 41.1 Å². The molecule has 0 amide bonds. The van der Waals surface area contributed by atoms with E-state index < -0.39 is 0 Å². The zero-order valence-corrected chi connectivity index (χ0v) is 11.5. The molecule has 2 rings (SSSR count). The molecule has 2 heteroatoms. The average Bonchev–Trinajstić information content (AvgIpc) is 2.30. The summed E-state index contributed by atoms with van der Waals surface area (Å²) in [6, 6.07) is 9.19. The molecule has 0 unspecified atom stereocenters. The van der Waals surface area contributed by atoms with Gasteiger partial charge in [-0.25, -0.2) is 0 Å². The first kappa shape index (κ1) is 12.1. The van der Waals surface area contributed by atoms with Crippen molar-refractivity contribution in [2.75, 3.05) is 0 Å². The van der Waals surface area contributed by atoms with E-state index in [2.05, 4.69) is 52.4 Å². The lowest BCUT2D eigenvalue weighted by Crippen LogP contribution is -2.32. The Morgan fingerprint density at radius 1 is 1.19 bits per heavy atom. The Kier molecular flexibility index (Phi) is 4.42. The fourth-order valence-corrected chi connectivity index (χ4v) is 2.79. The van der Waals surface area contributed by atoms with Crippen LogP contribution < -0.4 is 5.32 Å². The monoisotopic (exact) mass is 281 g/mol. The normalized spacial score (nSPS) is 25.6. The van der Waals surface area contributed by atoms with Crippen molar-refractivity contribution in [3.63, 3.8) is 0 Å². The summed E-state index contributed by atoms with van der Waals surface area (Å²) in [7, 11) is 0. The highest BCUT2D eigenvalue weighted by molar-refractivity contribution is 9.10. The standard InChI is InChI=1S/C14H20BrN/c1-11-6-8-13(9-7-11)16-10-12-4-2-3-5-14(12)15/h2-5,11,13,16H,6-10H2,1H3. The molecule has 1 fully saturated rings. The molecule has 1 saturated carbocycles. The molecule has 1 aliphatic rings. The lowest BCUT2D eigenvalue weighted by molar-refractivity contribution is 0.306. The van der Waals surface area contributed by atoms with Crippen LogP contribution in [0.25, 0.3) is 0 Å². The fourth-order valence-electron chi connectivity index (χ4n) is 2.36. The summed E-state index contributed by atoms with van der Waals surface area (Å²) in [6.45, 7) is 3.35. The molecule has 1 aromatic rings. The first-order valence-corrected chi connectivity index (χ1v) is 7.02. The van der Waals surface area contributed by atoms with Crippen LogP contribution in [-0.4, -0.2) is 6.04 Å². The topological polar surface area (TPSA) is 12.0 Å². The zero-order valence-electron chi connectivity index (χ0n) is 9.88. The largest absolute Gasteiger partial charge is 0.310 e. The van der Waals surface area contributed by atoms with Crippen molar-refractivity contribution in [1.82, 2.24) is 5.32 Å². The third-order valence-corrected chi connectivity index (χ3v) is 4.33. The molecular formula is C14H20BrN. The van der Waals surface area contributed by atoms with E-state index in [4.69, 9.17) is 0 Å². The average molecular weight is 282 g/mol. The molecule has 0 bridgehead atoms. The van der Waals surface area contributed by atoms with E-state index in [0.717, 1.165) is 18.5 Å². The highest BCUT2D eigenvalue weighted by Crippen LogP contribution is 2.24. The third-order valence-electron chi connectivity index (χ3n) is 3.55. The minimum atomic E-state index is 0.725. The quantitative estimate of drug-likeness (QED) is 0.879. The van der Waals surface area contributed by atoms with Crippen LogP contribution in [0, 0.1) is 5.92 Å². The Balaban J connectivity index is 1.81. The molecule has 16 heavy (non-hydrogen) atoms. The van der Waals surface area contributed by atoms with Gasteiger partial charge in [0, 0.05) is 17.1 Å². The maximum Gasteiger partial charge on any atom is 0.0220 e. The van der Waals surface area contributed by atoms with Gasteiger partial charge in [-0.15, -0.1) is 0 Å². The second-order valence-electron chi connectivity index (χ2n) is 4.93. The van der Waals surface area contributed by atoms with Gasteiger partial charge in [-0.3, -0.25) is 0 Å². The van der Waals surface area contributed by atoms with Crippen LogP contribution in [0.1, 0.15) is 38.2 Å². The molecule has 1 aliphatic carbocycles. The third kappa shape index (κ3) is 3.33. The Bertz CT molecular complexity index is 329. The summed E-state index contributed by atoms with van der Waals surface area (Å²) in [5.41, 5.74) is 1.36. The second kappa shape index (κ2) is 5.83. The van der Waals surface area contributed by atoms with E-state index in [9.17, 15) is 0 Å². The predicted molar refractivity (Wildman–Crippen MR) is 72.4 cm³/mol. The van der Waals surface area contributed by atoms with Gasteiger partial charge in [-0.2, -0.15) is 0 Å². The summed E-state index contributed by atoms with van der Waals surface area (Å²) in [5.74, 6) is 0.932. The van der Waals surface area contributed by atoms with Gasteiger partial charge in [0.1, 0.15) is 0 Å². The van der Waals surface area contributed by atoms with E-state index in [1.807, 2.05) is 0 Å². The van der Waals surface area contributed by atoms with Crippen molar-refractivity contribution in [3.05, 3.63) is 34.3 Å². The van der Waals surface area contributed by atoms with Crippen molar-refractivity contribution in [3.8, 4) is 0 Å². The van der Waals surface area contributed by atoms with Crippen molar-refractivity contribution in [2.45, 2.75) is 45.2 Å². The number of hydrogen-bond acceptors (Lipinski definition) is 1. The highest BCUT2D eigenvalue weighted by atomic mass is 79.9. The number of hydrogen-bond donors (Lipinski definition) is 1. The molecule has 0 aliphatic heterocycles. The number of benzene rings is 1. The van der Waals surface area contributed by atoms with E-state index in [1.165, 1.54) is 35.7 Å². The van der Waals surface area contributed by atoms with E-state index >= 15 is 0 Å². The molecule has 1 N–H and O–H groups in total. The van der Waals surface area contributed by atoms with Gasteiger partial charge in [-0.05, 0) is 43.2 Å². The van der Waals surface area contributed by atoms with Crippen molar-refractivity contribution in [2.24, 2.45) is 5.92 Å². The van der Waals surface area contributed by atoms with Gasteiger partial charge in [0.15, 0.2) is 0 Å². The first-order chi connectivity index (χ1) is 7.75. The van der Waals surface area contributed by atoms with Crippen LogP contribution in [0.15, 0.2) is 28.7 Å². The number of rotatable bonds is 3. The van der Waals surface area contributed by atoms with Crippen LogP contribution >= 0.6 is 15.9 Å². The van der Waals surface area contributed by atoms with Crippen LogP contribution in [0.4, 0.5) is 0 Å². The van der Waals surface area contributed by atoms with Crippen LogP contribution in [-0.2, 0) is 6.54 Å². The van der Waals surface area contributed by atoms with Gasteiger partial charge in [0.05, 0.1) is 0 Å². The van der Waals surface area contributed by atoms with E-state index in [0.29, 0.717) is 0 Å². The highest BCUT2D eigenvalue weighted by Gasteiger charge is 2.17. The van der Waals surface area contributed by atoms with Crippen molar-refractivity contribution >= 4 is 15.9 Å². The van der Waals surface area contributed by atoms with Crippen molar-refractivity contribution in [1.29, 1.82) is 0 Å². The molecule has 1 aromatic carbocycles. The van der Waals surface area contributed by atoms with Crippen molar-refractivity contribution < 1.29 is 0 Å².